The van der Waals surface area contributed by atoms with Crippen molar-refractivity contribution < 1.29 is 24.5 Å². The van der Waals surface area contributed by atoms with E-state index in [0.29, 0.717) is 18.2 Å². The molecule has 1 fully saturated rings. The predicted octanol–water partition coefficient (Wildman–Crippen LogP) is 3.73. The fraction of sp³-hybridized carbons (Fsp3) is 0.360. The number of hydrogen-bond acceptors (Lipinski definition) is 5. The van der Waals surface area contributed by atoms with Crippen LogP contribution in [0.15, 0.2) is 54.6 Å². The smallest absolute Gasteiger partial charge is 0.328 e. The minimum absolute atomic E-state index is 0.405. The van der Waals surface area contributed by atoms with Gasteiger partial charge in [0.05, 0.1) is 0 Å². The number of rotatable bonds is 4. The Hall–Kier alpha value is -3.16. The highest BCUT2D eigenvalue weighted by Crippen LogP contribution is 2.41. The number of para-hydroxylation sites is 1. The highest BCUT2D eigenvalue weighted by atomic mass is 16.5. The maximum absolute atomic E-state index is 9.55. The fourth-order valence-corrected chi connectivity index (χ4v) is 4.09. The van der Waals surface area contributed by atoms with Crippen molar-refractivity contribution in [1.82, 2.24) is 9.80 Å². The molecule has 2 aliphatic rings. The van der Waals surface area contributed by atoms with Gasteiger partial charge in [-0.1, -0.05) is 42.8 Å². The van der Waals surface area contributed by atoms with Gasteiger partial charge in [0.2, 0.25) is 0 Å². The summed E-state index contributed by atoms with van der Waals surface area (Å²) in [4.78, 5) is 24.3. The van der Waals surface area contributed by atoms with Crippen LogP contribution in [0.1, 0.15) is 29.7 Å². The van der Waals surface area contributed by atoms with Gasteiger partial charge in [-0.15, -0.1) is 0 Å². The highest BCUT2D eigenvalue weighted by Gasteiger charge is 2.30. The quantitative estimate of drug-likeness (QED) is 0.703. The van der Waals surface area contributed by atoms with Gasteiger partial charge in [0.15, 0.2) is 0 Å². The molecule has 2 heterocycles. The molecule has 2 aromatic rings. The minimum Gasteiger partial charge on any atom is -0.478 e. The van der Waals surface area contributed by atoms with Gasteiger partial charge in [0.25, 0.3) is 0 Å². The lowest BCUT2D eigenvalue weighted by molar-refractivity contribution is -0.134. The van der Waals surface area contributed by atoms with Crippen LogP contribution in [0.3, 0.4) is 0 Å². The molecule has 0 amide bonds. The summed E-state index contributed by atoms with van der Waals surface area (Å²) in [6.07, 6.45) is 2.14. The number of piperazine rings is 1. The molecule has 32 heavy (non-hydrogen) atoms. The van der Waals surface area contributed by atoms with E-state index in [1.807, 2.05) is 0 Å². The van der Waals surface area contributed by atoms with Crippen molar-refractivity contribution in [2.75, 3.05) is 32.7 Å². The van der Waals surface area contributed by atoms with Crippen LogP contribution >= 0.6 is 0 Å². The Morgan fingerprint density at radius 3 is 2.28 bits per heavy atom. The Morgan fingerprint density at radius 1 is 1.00 bits per heavy atom. The van der Waals surface area contributed by atoms with Crippen molar-refractivity contribution in [2.24, 2.45) is 0 Å². The van der Waals surface area contributed by atoms with E-state index in [1.54, 1.807) is 0 Å². The van der Waals surface area contributed by atoms with Crippen LogP contribution in [-0.2, 0) is 16.0 Å². The lowest BCUT2D eigenvalue weighted by Gasteiger charge is -2.39. The van der Waals surface area contributed by atoms with Crippen LogP contribution in [-0.4, -0.2) is 64.7 Å². The maximum atomic E-state index is 9.55. The van der Waals surface area contributed by atoms with Crippen LogP contribution in [0.5, 0.6) is 11.5 Å². The molecule has 4 rings (SSSR count). The van der Waals surface area contributed by atoms with Crippen LogP contribution in [0, 0.1) is 6.92 Å². The van der Waals surface area contributed by atoms with E-state index in [9.17, 15) is 9.59 Å². The van der Waals surface area contributed by atoms with Gasteiger partial charge in [-0.3, -0.25) is 4.90 Å². The largest absolute Gasteiger partial charge is 0.478 e. The van der Waals surface area contributed by atoms with E-state index in [4.69, 9.17) is 14.9 Å². The zero-order chi connectivity index (χ0) is 23.1. The van der Waals surface area contributed by atoms with Crippen molar-refractivity contribution in [3.8, 4) is 11.5 Å². The lowest BCUT2D eigenvalue weighted by Crippen LogP contribution is -2.47. The van der Waals surface area contributed by atoms with Crippen LogP contribution in [0.4, 0.5) is 0 Å². The van der Waals surface area contributed by atoms with Crippen LogP contribution < -0.4 is 4.74 Å². The normalized spacial score (nSPS) is 18.5. The summed E-state index contributed by atoms with van der Waals surface area (Å²) >= 11 is 0. The Labute approximate surface area is 188 Å². The Morgan fingerprint density at radius 2 is 1.66 bits per heavy atom. The SMILES string of the molecule is CCN1CCN(C2Cc3ccccc3Oc3ccc(C)cc32)CC1.O=C(O)/C=C/C(=O)O. The summed E-state index contributed by atoms with van der Waals surface area (Å²) < 4.78 is 6.28. The zero-order valence-corrected chi connectivity index (χ0v) is 18.5. The first-order valence-electron chi connectivity index (χ1n) is 10.8. The number of hydrogen-bond donors (Lipinski definition) is 2. The summed E-state index contributed by atoms with van der Waals surface area (Å²) in [6.45, 7) is 10.2. The summed E-state index contributed by atoms with van der Waals surface area (Å²) in [7, 11) is 0. The first-order valence-corrected chi connectivity index (χ1v) is 10.8. The first-order chi connectivity index (χ1) is 15.4. The molecule has 7 heteroatoms. The second kappa shape index (κ2) is 10.9. The second-order valence-electron chi connectivity index (χ2n) is 7.95. The molecule has 0 spiro atoms. The molecule has 2 N–H and O–H groups in total. The number of nitrogens with zero attached hydrogens (tertiary/aromatic N) is 2. The number of benzene rings is 2. The van der Waals surface area contributed by atoms with Gasteiger partial charge in [0.1, 0.15) is 11.5 Å². The number of likely N-dealkylation sites (N-methyl/N-ethyl adjacent to an activating group) is 1. The van der Waals surface area contributed by atoms with Gasteiger partial charge < -0.3 is 19.8 Å². The summed E-state index contributed by atoms with van der Waals surface area (Å²) in [5.74, 6) is -0.481. The standard InChI is InChI=1S/C21H26N2O.C4H4O4/c1-3-22-10-12-23(13-11-22)19-15-17-6-4-5-7-20(17)24-21-9-8-16(2)14-18(19)21;5-3(6)1-2-4(7)8/h4-9,14,19H,3,10-13,15H2,1-2H3;1-2H,(H,5,6)(H,7,8)/b;2-1+. The number of carboxylic acid groups (broad SMARTS) is 2. The molecule has 0 bridgehead atoms. The van der Waals surface area contributed by atoms with E-state index < -0.39 is 11.9 Å². The van der Waals surface area contributed by atoms with Gasteiger partial charge in [-0.2, -0.15) is 0 Å². The van der Waals surface area contributed by atoms with Crippen LogP contribution in [0.25, 0.3) is 0 Å². The number of ether oxygens (including phenoxy) is 1. The van der Waals surface area contributed by atoms with E-state index in [-0.39, 0.29) is 0 Å². The van der Waals surface area contributed by atoms with E-state index in [2.05, 4.69) is 66.1 Å². The number of carbonyl (C=O) groups is 2. The van der Waals surface area contributed by atoms with E-state index in [1.165, 1.54) is 16.7 Å². The molecule has 7 nitrogen and oxygen atoms in total. The zero-order valence-electron chi connectivity index (χ0n) is 18.5. The summed E-state index contributed by atoms with van der Waals surface area (Å²) in [5.41, 5.74) is 3.96. The molecule has 2 aliphatic heterocycles. The number of aliphatic carboxylic acids is 2. The predicted molar refractivity (Wildman–Crippen MR) is 122 cm³/mol. The van der Waals surface area contributed by atoms with Gasteiger partial charge >= 0.3 is 11.9 Å². The molecule has 1 saturated heterocycles. The van der Waals surface area contributed by atoms with E-state index in [0.717, 1.165) is 50.6 Å². The molecular weight excluding hydrogens is 408 g/mol. The number of carboxylic acids is 2. The molecule has 1 unspecified atom stereocenters. The number of aryl methyl sites for hydroxylation is 1. The van der Waals surface area contributed by atoms with Crippen LogP contribution in [0.2, 0.25) is 0 Å². The first kappa shape index (κ1) is 23.5. The monoisotopic (exact) mass is 438 g/mol. The van der Waals surface area contributed by atoms with Gasteiger partial charge in [-0.25, -0.2) is 9.59 Å². The second-order valence-corrected chi connectivity index (χ2v) is 7.95. The Balaban J connectivity index is 0.000000312. The van der Waals surface area contributed by atoms with Gasteiger partial charge in [-0.05, 0) is 37.6 Å². The van der Waals surface area contributed by atoms with Crippen molar-refractivity contribution in [1.29, 1.82) is 0 Å². The average molecular weight is 439 g/mol. The van der Waals surface area contributed by atoms with Crippen molar-refractivity contribution in [3.05, 3.63) is 71.3 Å². The van der Waals surface area contributed by atoms with Crippen molar-refractivity contribution >= 4 is 11.9 Å². The summed E-state index contributed by atoms with van der Waals surface area (Å²) in [5, 5.41) is 15.6. The molecule has 1 atom stereocenters. The maximum Gasteiger partial charge on any atom is 0.328 e. The third-order valence-electron chi connectivity index (χ3n) is 5.79. The summed E-state index contributed by atoms with van der Waals surface area (Å²) in [6, 6.07) is 15.5. The Kier molecular flexibility index (Phi) is 8.03. The molecular formula is C25H30N2O5. The average Bonchev–Trinajstić information content (AvgIpc) is 2.95. The molecule has 170 valence electrons. The van der Waals surface area contributed by atoms with Crippen molar-refractivity contribution in [3.63, 3.8) is 0 Å². The van der Waals surface area contributed by atoms with Gasteiger partial charge in [0, 0.05) is 49.9 Å². The molecule has 0 aliphatic carbocycles. The Bertz CT molecular complexity index is 964. The minimum atomic E-state index is -1.26. The molecule has 2 aromatic carbocycles. The number of fused-ring (bicyclic) bond motifs is 2. The molecule has 0 radical (unpaired) electrons. The van der Waals surface area contributed by atoms with Crippen molar-refractivity contribution in [2.45, 2.75) is 26.3 Å². The third-order valence-corrected chi connectivity index (χ3v) is 5.79. The highest BCUT2D eigenvalue weighted by molar-refractivity contribution is 5.89. The molecule has 0 aromatic heterocycles. The third kappa shape index (κ3) is 6.18. The topological polar surface area (TPSA) is 90.3 Å². The fourth-order valence-electron chi connectivity index (χ4n) is 4.09. The van der Waals surface area contributed by atoms with E-state index >= 15 is 0 Å². The molecule has 0 saturated carbocycles. The lowest BCUT2D eigenvalue weighted by atomic mass is 9.95.